The molecule has 0 amide bonds. The fourth-order valence-corrected chi connectivity index (χ4v) is 1.07. The van der Waals surface area contributed by atoms with E-state index in [0.29, 0.717) is 11.3 Å². The van der Waals surface area contributed by atoms with E-state index in [-0.39, 0.29) is 18.1 Å². The van der Waals surface area contributed by atoms with Gasteiger partial charge in [-0.2, -0.15) is 0 Å². The van der Waals surface area contributed by atoms with Crippen molar-refractivity contribution in [3.63, 3.8) is 0 Å². The van der Waals surface area contributed by atoms with E-state index in [0.717, 1.165) is 0 Å². The fraction of sp³-hybridized carbons (Fsp3) is 0.250. The summed E-state index contributed by atoms with van der Waals surface area (Å²) in [6.07, 6.45) is 0.0283. The summed E-state index contributed by atoms with van der Waals surface area (Å²) in [5, 5.41) is 9.22. The number of hydrogen-bond acceptors (Lipinski definition) is 4. The maximum atomic E-state index is 10.8. The summed E-state index contributed by atoms with van der Waals surface area (Å²) in [5.74, 6) is 5.62. The quantitative estimate of drug-likeness (QED) is 0.603. The Balaban J connectivity index is 2.84. The van der Waals surface area contributed by atoms with Gasteiger partial charge in [0.2, 0.25) is 0 Å². The van der Waals surface area contributed by atoms with E-state index in [1.54, 1.807) is 6.07 Å². The van der Waals surface area contributed by atoms with Crippen molar-refractivity contribution in [3.8, 4) is 23.3 Å². The van der Waals surface area contributed by atoms with Crippen LogP contribution >= 0.6 is 0 Å². The Morgan fingerprint density at radius 3 is 2.81 bits per heavy atom. The van der Waals surface area contributed by atoms with Crippen LogP contribution in [0.5, 0.6) is 11.5 Å². The molecule has 0 saturated carbocycles. The number of phenolic OH excluding ortho intramolecular Hbond substituents is 1. The molecule has 0 aliphatic rings. The second kappa shape index (κ2) is 5.66. The molecule has 0 aliphatic carbocycles. The second-order valence-electron chi connectivity index (χ2n) is 2.94. The number of phenols is 1. The van der Waals surface area contributed by atoms with Crippen molar-refractivity contribution in [2.45, 2.75) is 6.42 Å². The highest BCUT2D eigenvalue weighted by atomic mass is 16.5. The van der Waals surface area contributed by atoms with Crippen molar-refractivity contribution < 1.29 is 19.4 Å². The molecular formula is C12H12O4. The SMILES string of the molecule is COC(=O)CC#Cc1ccc(O)cc1OC. The van der Waals surface area contributed by atoms with Crippen LogP contribution in [0, 0.1) is 11.8 Å². The average molecular weight is 220 g/mol. The number of carbonyl (C=O) groups is 1. The summed E-state index contributed by atoms with van der Waals surface area (Å²) in [6.45, 7) is 0. The number of ether oxygens (including phenoxy) is 2. The van der Waals surface area contributed by atoms with Gasteiger partial charge in [0.15, 0.2) is 0 Å². The van der Waals surface area contributed by atoms with Gasteiger partial charge in [0, 0.05) is 6.07 Å². The summed E-state index contributed by atoms with van der Waals surface area (Å²) < 4.78 is 9.48. The Labute approximate surface area is 93.8 Å². The zero-order valence-electron chi connectivity index (χ0n) is 9.11. The van der Waals surface area contributed by atoms with E-state index in [9.17, 15) is 9.90 Å². The van der Waals surface area contributed by atoms with Crippen LogP contribution in [0.2, 0.25) is 0 Å². The van der Waals surface area contributed by atoms with Gasteiger partial charge < -0.3 is 14.6 Å². The van der Waals surface area contributed by atoms with E-state index in [1.807, 2.05) is 0 Å². The average Bonchev–Trinajstić information content (AvgIpc) is 2.30. The summed E-state index contributed by atoms with van der Waals surface area (Å²) in [4.78, 5) is 10.8. The molecule has 16 heavy (non-hydrogen) atoms. The monoisotopic (exact) mass is 220 g/mol. The Kier molecular flexibility index (Phi) is 4.22. The van der Waals surface area contributed by atoms with Crippen LogP contribution in [0.3, 0.4) is 0 Å². The second-order valence-corrected chi connectivity index (χ2v) is 2.94. The molecule has 0 saturated heterocycles. The van der Waals surface area contributed by atoms with Gasteiger partial charge in [0.05, 0.1) is 19.8 Å². The molecule has 4 heteroatoms. The minimum atomic E-state index is -0.384. The molecule has 0 aromatic heterocycles. The number of benzene rings is 1. The molecule has 0 bridgehead atoms. The lowest BCUT2D eigenvalue weighted by Gasteiger charge is -2.02. The molecule has 0 radical (unpaired) electrons. The predicted octanol–water partition coefficient (Wildman–Crippen LogP) is 1.32. The molecule has 1 aromatic carbocycles. The lowest BCUT2D eigenvalue weighted by atomic mass is 10.2. The minimum absolute atomic E-state index is 0.0283. The van der Waals surface area contributed by atoms with Gasteiger partial charge in [0.1, 0.15) is 17.9 Å². The first-order valence-corrected chi connectivity index (χ1v) is 4.60. The van der Waals surface area contributed by atoms with E-state index in [1.165, 1.54) is 26.4 Å². The van der Waals surface area contributed by atoms with Crippen LogP contribution in [0.25, 0.3) is 0 Å². The van der Waals surface area contributed by atoms with Crippen LogP contribution in [-0.4, -0.2) is 25.3 Å². The summed E-state index contributed by atoms with van der Waals surface area (Å²) >= 11 is 0. The van der Waals surface area contributed by atoms with E-state index in [4.69, 9.17) is 4.74 Å². The number of methoxy groups -OCH3 is 2. The van der Waals surface area contributed by atoms with E-state index in [2.05, 4.69) is 16.6 Å². The molecule has 0 heterocycles. The molecule has 0 unspecified atom stereocenters. The van der Waals surface area contributed by atoms with Crippen LogP contribution in [-0.2, 0) is 9.53 Å². The van der Waals surface area contributed by atoms with Gasteiger partial charge >= 0.3 is 5.97 Å². The largest absolute Gasteiger partial charge is 0.508 e. The first-order valence-electron chi connectivity index (χ1n) is 4.60. The third-order valence-electron chi connectivity index (χ3n) is 1.87. The highest BCUT2D eigenvalue weighted by Gasteiger charge is 2.01. The van der Waals surface area contributed by atoms with Crippen LogP contribution in [0.15, 0.2) is 18.2 Å². The van der Waals surface area contributed by atoms with E-state index < -0.39 is 0 Å². The zero-order valence-corrected chi connectivity index (χ0v) is 9.11. The van der Waals surface area contributed by atoms with Gasteiger partial charge in [0.25, 0.3) is 0 Å². The third-order valence-corrected chi connectivity index (χ3v) is 1.87. The van der Waals surface area contributed by atoms with E-state index >= 15 is 0 Å². The molecule has 0 spiro atoms. The van der Waals surface area contributed by atoms with Crippen molar-refractivity contribution >= 4 is 5.97 Å². The standard InChI is InChI=1S/C12H12O4/c1-15-11-8-10(13)7-6-9(11)4-3-5-12(14)16-2/h6-8,13H,5H2,1-2H3. The van der Waals surface area contributed by atoms with Crippen molar-refractivity contribution in [1.82, 2.24) is 0 Å². The highest BCUT2D eigenvalue weighted by molar-refractivity contribution is 5.72. The maximum Gasteiger partial charge on any atom is 0.317 e. The van der Waals surface area contributed by atoms with Gasteiger partial charge in [-0.05, 0) is 12.1 Å². The molecular weight excluding hydrogens is 208 g/mol. The molecule has 0 atom stereocenters. The lowest BCUT2D eigenvalue weighted by molar-refractivity contribution is -0.139. The Bertz CT molecular complexity index is 440. The van der Waals surface area contributed by atoms with Crippen molar-refractivity contribution in [1.29, 1.82) is 0 Å². The summed E-state index contributed by atoms with van der Waals surface area (Å²) in [6, 6.07) is 4.59. The normalized spacial score (nSPS) is 8.88. The van der Waals surface area contributed by atoms with Crippen LogP contribution in [0.1, 0.15) is 12.0 Å². The molecule has 0 aliphatic heterocycles. The highest BCUT2D eigenvalue weighted by Crippen LogP contribution is 2.22. The first-order chi connectivity index (χ1) is 7.67. The Morgan fingerprint density at radius 1 is 1.44 bits per heavy atom. The molecule has 1 aromatic rings. The molecule has 0 fully saturated rings. The van der Waals surface area contributed by atoms with Crippen molar-refractivity contribution in [2.24, 2.45) is 0 Å². The molecule has 1 N–H and O–H groups in total. The predicted molar refractivity (Wildman–Crippen MR) is 58.2 cm³/mol. The van der Waals surface area contributed by atoms with Crippen molar-refractivity contribution in [2.75, 3.05) is 14.2 Å². The Morgan fingerprint density at radius 2 is 2.19 bits per heavy atom. The zero-order chi connectivity index (χ0) is 12.0. The van der Waals surface area contributed by atoms with Crippen LogP contribution < -0.4 is 4.74 Å². The number of aromatic hydroxyl groups is 1. The number of esters is 1. The smallest absolute Gasteiger partial charge is 0.317 e. The van der Waals surface area contributed by atoms with Crippen molar-refractivity contribution in [3.05, 3.63) is 23.8 Å². The number of carbonyl (C=O) groups excluding carboxylic acids is 1. The fourth-order valence-electron chi connectivity index (χ4n) is 1.07. The first kappa shape index (κ1) is 11.9. The molecule has 1 rings (SSSR count). The van der Waals surface area contributed by atoms with Gasteiger partial charge in [-0.1, -0.05) is 11.8 Å². The summed E-state index contributed by atoms with van der Waals surface area (Å²) in [5.41, 5.74) is 0.615. The topological polar surface area (TPSA) is 55.8 Å². The van der Waals surface area contributed by atoms with Gasteiger partial charge in [-0.15, -0.1) is 0 Å². The third kappa shape index (κ3) is 3.21. The number of rotatable bonds is 2. The lowest BCUT2D eigenvalue weighted by Crippen LogP contribution is -1.97. The minimum Gasteiger partial charge on any atom is -0.508 e. The van der Waals surface area contributed by atoms with Gasteiger partial charge in [-0.3, -0.25) is 4.79 Å². The van der Waals surface area contributed by atoms with Gasteiger partial charge in [-0.25, -0.2) is 0 Å². The summed E-state index contributed by atoms with van der Waals surface area (Å²) in [7, 11) is 2.80. The maximum absolute atomic E-state index is 10.8. The molecule has 84 valence electrons. The molecule has 4 nitrogen and oxygen atoms in total. The van der Waals surface area contributed by atoms with Crippen LogP contribution in [0.4, 0.5) is 0 Å². The Hall–Kier alpha value is -2.15. The number of hydrogen-bond donors (Lipinski definition) is 1.